The number of halogens is 1. The van der Waals surface area contributed by atoms with Crippen LogP contribution in [-0.4, -0.2) is 36.9 Å². The molecule has 5 nitrogen and oxygen atoms in total. The smallest absolute Gasteiger partial charge is 0.151 e. The second kappa shape index (κ2) is 5.26. The summed E-state index contributed by atoms with van der Waals surface area (Å²) in [4.78, 5) is 9.12. The van der Waals surface area contributed by atoms with Crippen molar-refractivity contribution in [1.29, 1.82) is 0 Å². The van der Waals surface area contributed by atoms with Gasteiger partial charge in [-0.05, 0) is 22.4 Å². The average Bonchev–Trinajstić information content (AvgIpc) is 2.68. The van der Waals surface area contributed by atoms with Gasteiger partial charge >= 0.3 is 0 Å². The van der Waals surface area contributed by atoms with Crippen molar-refractivity contribution in [3.05, 3.63) is 16.0 Å². The van der Waals surface area contributed by atoms with Crippen LogP contribution in [0.25, 0.3) is 0 Å². The number of hydrogen-bond acceptors (Lipinski definition) is 5. The summed E-state index contributed by atoms with van der Waals surface area (Å²) >= 11 is 3.54. The quantitative estimate of drug-likeness (QED) is 0.875. The molecule has 1 atom stereocenters. The number of anilines is 1. The highest BCUT2D eigenvalue weighted by atomic mass is 79.9. The fourth-order valence-corrected chi connectivity index (χ4v) is 5.02. The minimum Gasteiger partial charge on any atom is -0.372 e. The molecule has 112 valence electrons. The van der Waals surface area contributed by atoms with E-state index in [-0.39, 0.29) is 22.8 Å². The van der Waals surface area contributed by atoms with Gasteiger partial charge in [0.25, 0.3) is 0 Å². The highest BCUT2D eigenvalue weighted by Crippen LogP contribution is 2.35. The molecular weight excluding hydrogens is 342 g/mol. The standard InChI is InChI=1S/C13H20BrN3O2S/c1-13(2,3)10-9(14)12(15-4)17-11(16-10)8-5-6-20(18,19)7-8/h8H,5-7H2,1-4H3,(H,15,16,17). The van der Waals surface area contributed by atoms with E-state index in [1.165, 1.54) is 0 Å². The maximum absolute atomic E-state index is 11.6. The first-order valence-corrected chi connectivity index (χ1v) is 9.21. The maximum atomic E-state index is 11.6. The van der Waals surface area contributed by atoms with Gasteiger partial charge in [0.15, 0.2) is 9.84 Å². The van der Waals surface area contributed by atoms with Crippen molar-refractivity contribution in [2.75, 3.05) is 23.9 Å². The van der Waals surface area contributed by atoms with Gasteiger partial charge in [-0.15, -0.1) is 0 Å². The van der Waals surface area contributed by atoms with E-state index in [0.29, 0.717) is 18.1 Å². The molecule has 0 aliphatic carbocycles. The first kappa shape index (κ1) is 15.7. The molecule has 2 heterocycles. The van der Waals surface area contributed by atoms with Crippen LogP contribution in [0.3, 0.4) is 0 Å². The first-order valence-electron chi connectivity index (χ1n) is 6.60. The fourth-order valence-electron chi connectivity index (χ4n) is 2.31. The molecule has 0 amide bonds. The molecule has 1 N–H and O–H groups in total. The Morgan fingerprint density at radius 2 is 1.95 bits per heavy atom. The molecule has 0 bridgehead atoms. The molecule has 0 saturated carbocycles. The van der Waals surface area contributed by atoms with Crippen molar-refractivity contribution >= 4 is 31.6 Å². The van der Waals surface area contributed by atoms with E-state index in [4.69, 9.17) is 0 Å². The Morgan fingerprint density at radius 1 is 1.30 bits per heavy atom. The van der Waals surface area contributed by atoms with E-state index >= 15 is 0 Å². The Bertz CT molecular complexity index is 623. The van der Waals surface area contributed by atoms with Gasteiger partial charge in [-0.25, -0.2) is 18.4 Å². The van der Waals surface area contributed by atoms with Gasteiger partial charge in [0.2, 0.25) is 0 Å². The van der Waals surface area contributed by atoms with Crippen LogP contribution in [-0.2, 0) is 15.3 Å². The summed E-state index contributed by atoms with van der Waals surface area (Å²) < 4.78 is 24.1. The SMILES string of the molecule is CNc1nc(C2CCS(=O)(=O)C2)nc(C(C)(C)C)c1Br. The molecule has 20 heavy (non-hydrogen) atoms. The van der Waals surface area contributed by atoms with Crippen LogP contribution in [0.15, 0.2) is 4.47 Å². The molecule has 2 rings (SSSR count). The van der Waals surface area contributed by atoms with Crippen LogP contribution in [0.4, 0.5) is 5.82 Å². The van der Waals surface area contributed by atoms with Crippen molar-refractivity contribution in [2.24, 2.45) is 0 Å². The largest absolute Gasteiger partial charge is 0.372 e. The Kier molecular flexibility index (Phi) is 4.12. The van der Waals surface area contributed by atoms with Gasteiger partial charge in [0, 0.05) is 18.4 Å². The molecule has 1 aliphatic heterocycles. The van der Waals surface area contributed by atoms with E-state index in [9.17, 15) is 8.42 Å². The molecule has 0 spiro atoms. The molecule has 7 heteroatoms. The second-order valence-electron chi connectivity index (χ2n) is 6.19. The fraction of sp³-hybridized carbons (Fsp3) is 0.692. The summed E-state index contributed by atoms with van der Waals surface area (Å²) in [6.45, 7) is 6.23. The van der Waals surface area contributed by atoms with Gasteiger partial charge in [-0.2, -0.15) is 0 Å². The summed E-state index contributed by atoms with van der Waals surface area (Å²) in [6.07, 6.45) is 0.608. The molecule has 1 aromatic heterocycles. The predicted molar refractivity (Wildman–Crippen MR) is 84.0 cm³/mol. The van der Waals surface area contributed by atoms with Crippen molar-refractivity contribution in [3.8, 4) is 0 Å². The lowest BCUT2D eigenvalue weighted by Gasteiger charge is -2.22. The predicted octanol–water partition coefficient (Wildman–Crippen LogP) is 2.48. The number of sulfone groups is 1. The van der Waals surface area contributed by atoms with E-state index in [2.05, 4.69) is 52.0 Å². The third-order valence-corrected chi connectivity index (χ3v) is 5.93. The minimum absolute atomic E-state index is 0.0960. The van der Waals surface area contributed by atoms with E-state index in [1.54, 1.807) is 7.05 Å². The molecule has 1 unspecified atom stereocenters. The third kappa shape index (κ3) is 3.14. The normalized spacial score (nSPS) is 21.9. The van der Waals surface area contributed by atoms with Gasteiger partial charge in [0.1, 0.15) is 11.6 Å². The Hall–Kier alpha value is -0.690. The molecule has 1 aliphatic rings. The minimum atomic E-state index is -2.93. The summed E-state index contributed by atoms with van der Waals surface area (Å²) in [6, 6.07) is 0. The van der Waals surface area contributed by atoms with E-state index in [0.717, 1.165) is 10.2 Å². The topological polar surface area (TPSA) is 72.0 Å². The zero-order chi connectivity index (χ0) is 15.1. The summed E-state index contributed by atoms with van der Waals surface area (Å²) in [7, 11) is -1.13. The number of hydrogen-bond donors (Lipinski definition) is 1. The van der Waals surface area contributed by atoms with Crippen LogP contribution < -0.4 is 5.32 Å². The Balaban J connectivity index is 2.50. The van der Waals surface area contributed by atoms with Crippen molar-refractivity contribution < 1.29 is 8.42 Å². The molecule has 0 aromatic carbocycles. The maximum Gasteiger partial charge on any atom is 0.151 e. The second-order valence-corrected chi connectivity index (χ2v) is 9.21. The van der Waals surface area contributed by atoms with Crippen molar-refractivity contribution in [3.63, 3.8) is 0 Å². The number of rotatable bonds is 2. The van der Waals surface area contributed by atoms with Crippen LogP contribution in [0.2, 0.25) is 0 Å². The summed E-state index contributed by atoms with van der Waals surface area (Å²) in [5.74, 6) is 1.63. The van der Waals surface area contributed by atoms with Gasteiger partial charge in [0.05, 0.1) is 21.7 Å². The van der Waals surface area contributed by atoms with E-state index < -0.39 is 9.84 Å². The van der Waals surface area contributed by atoms with Crippen molar-refractivity contribution in [1.82, 2.24) is 9.97 Å². The highest BCUT2D eigenvalue weighted by molar-refractivity contribution is 9.10. The molecular formula is C13H20BrN3O2S. The number of nitrogens with zero attached hydrogens (tertiary/aromatic N) is 2. The number of nitrogens with one attached hydrogen (secondary N) is 1. The lowest BCUT2D eigenvalue weighted by Crippen LogP contribution is -2.19. The molecule has 1 aromatic rings. The monoisotopic (exact) mass is 361 g/mol. The Morgan fingerprint density at radius 3 is 2.40 bits per heavy atom. The zero-order valence-electron chi connectivity index (χ0n) is 12.2. The lowest BCUT2D eigenvalue weighted by atomic mass is 9.91. The van der Waals surface area contributed by atoms with Crippen LogP contribution in [0.1, 0.15) is 44.6 Å². The van der Waals surface area contributed by atoms with Gasteiger partial charge < -0.3 is 5.32 Å². The van der Waals surface area contributed by atoms with E-state index in [1.807, 2.05) is 0 Å². The molecule has 1 saturated heterocycles. The highest BCUT2D eigenvalue weighted by Gasteiger charge is 2.33. The average molecular weight is 362 g/mol. The molecule has 1 fully saturated rings. The third-order valence-electron chi connectivity index (χ3n) is 3.41. The van der Waals surface area contributed by atoms with Gasteiger partial charge in [-0.1, -0.05) is 20.8 Å². The van der Waals surface area contributed by atoms with Crippen LogP contribution in [0, 0.1) is 0 Å². The lowest BCUT2D eigenvalue weighted by molar-refractivity contribution is 0.552. The van der Waals surface area contributed by atoms with Gasteiger partial charge in [-0.3, -0.25) is 0 Å². The summed E-state index contributed by atoms with van der Waals surface area (Å²) in [5, 5.41) is 3.04. The molecule has 0 radical (unpaired) electrons. The van der Waals surface area contributed by atoms with Crippen LogP contribution >= 0.6 is 15.9 Å². The summed E-state index contributed by atoms with van der Waals surface area (Å²) in [5.41, 5.74) is 0.760. The number of aromatic nitrogens is 2. The first-order chi connectivity index (χ1) is 9.14. The van der Waals surface area contributed by atoms with Crippen molar-refractivity contribution in [2.45, 2.75) is 38.5 Å². The Labute approximate surface area is 128 Å². The van der Waals surface area contributed by atoms with Crippen LogP contribution in [0.5, 0.6) is 0 Å². The zero-order valence-corrected chi connectivity index (χ0v) is 14.6.